The molecule has 1 fully saturated rings. The second-order valence-corrected chi connectivity index (χ2v) is 8.30. The van der Waals surface area contributed by atoms with Gasteiger partial charge in [-0.3, -0.25) is 14.4 Å². The number of halogens is 1. The molecule has 0 amide bonds. The molecule has 138 valence electrons. The fourth-order valence-corrected chi connectivity index (χ4v) is 5.31. The number of aryl methyl sites for hydroxylation is 1. The molecule has 4 rings (SSSR count). The summed E-state index contributed by atoms with van der Waals surface area (Å²) in [5, 5.41) is 0. The summed E-state index contributed by atoms with van der Waals surface area (Å²) in [5.74, 6) is -1.18. The molecule has 1 aliphatic heterocycles. The number of ether oxygens (including phenoxy) is 1. The fraction of sp³-hybridized carbons (Fsp3) is 0.318. The number of benzene rings is 2. The van der Waals surface area contributed by atoms with Gasteiger partial charge in [-0.05, 0) is 38.5 Å². The highest BCUT2D eigenvalue weighted by Crippen LogP contribution is 2.80. The van der Waals surface area contributed by atoms with E-state index >= 15 is 0 Å². The third kappa shape index (κ3) is 2.12. The predicted molar refractivity (Wildman–Crippen MR) is 104 cm³/mol. The van der Waals surface area contributed by atoms with Gasteiger partial charge in [-0.2, -0.15) is 0 Å². The SMILES string of the molecule is CC[C@]1(C(=O)c2ccc(C)cc2)[C@@H]2c3cc(Br)ccc3OC(=O)[C@@]21C(C)=O. The molecule has 0 radical (unpaired) electrons. The summed E-state index contributed by atoms with van der Waals surface area (Å²) in [4.78, 5) is 39.4. The Hall–Kier alpha value is -2.27. The van der Waals surface area contributed by atoms with E-state index in [1.54, 1.807) is 24.3 Å². The quantitative estimate of drug-likeness (QED) is 0.309. The Morgan fingerprint density at radius 3 is 2.41 bits per heavy atom. The van der Waals surface area contributed by atoms with Crippen LogP contribution in [-0.2, 0) is 9.59 Å². The molecule has 27 heavy (non-hydrogen) atoms. The van der Waals surface area contributed by atoms with Crippen molar-refractivity contribution in [3.05, 3.63) is 63.6 Å². The van der Waals surface area contributed by atoms with E-state index < -0.39 is 22.7 Å². The van der Waals surface area contributed by atoms with Crippen LogP contribution >= 0.6 is 15.9 Å². The van der Waals surface area contributed by atoms with E-state index in [2.05, 4.69) is 15.9 Å². The third-order valence-electron chi connectivity index (χ3n) is 6.19. The number of rotatable bonds is 4. The van der Waals surface area contributed by atoms with E-state index in [9.17, 15) is 14.4 Å². The van der Waals surface area contributed by atoms with Crippen molar-refractivity contribution in [3.8, 4) is 5.75 Å². The molecule has 2 aromatic carbocycles. The monoisotopic (exact) mass is 426 g/mol. The molecular weight excluding hydrogens is 408 g/mol. The second-order valence-electron chi connectivity index (χ2n) is 7.39. The van der Waals surface area contributed by atoms with Crippen molar-refractivity contribution < 1.29 is 19.1 Å². The van der Waals surface area contributed by atoms with Crippen molar-refractivity contribution >= 4 is 33.5 Å². The number of hydrogen-bond donors (Lipinski definition) is 0. The van der Waals surface area contributed by atoms with Crippen LogP contribution in [0, 0.1) is 17.8 Å². The molecule has 5 heteroatoms. The summed E-state index contributed by atoms with van der Waals surface area (Å²) < 4.78 is 6.35. The Labute approximate surface area is 166 Å². The van der Waals surface area contributed by atoms with Gasteiger partial charge in [-0.1, -0.05) is 52.7 Å². The van der Waals surface area contributed by atoms with Gasteiger partial charge in [0, 0.05) is 21.5 Å². The summed E-state index contributed by atoms with van der Waals surface area (Å²) in [6, 6.07) is 12.6. The summed E-state index contributed by atoms with van der Waals surface area (Å²) in [6.45, 7) is 5.19. The smallest absolute Gasteiger partial charge is 0.326 e. The van der Waals surface area contributed by atoms with Crippen LogP contribution in [0.25, 0.3) is 0 Å². The maximum Gasteiger partial charge on any atom is 0.326 e. The molecule has 4 nitrogen and oxygen atoms in total. The largest absolute Gasteiger partial charge is 0.425 e. The lowest BCUT2D eigenvalue weighted by Gasteiger charge is -2.22. The van der Waals surface area contributed by atoms with Crippen molar-refractivity contribution in [1.82, 2.24) is 0 Å². The van der Waals surface area contributed by atoms with Gasteiger partial charge in [0.1, 0.15) is 16.9 Å². The number of carbonyl (C=O) groups is 3. The maximum absolute atomic E-state index is 13.6. The highest BCUT2D eigenvalue weighted by molar-refractivity contribution is 9.10. The van der Waals surface area contributed by atoms with Gasteiger partial charge in [0.15, 0.2) is 5.78 Å². The molecule has 2 aromatic rings. The number of hydrogen-bond acceptors (Lipinski definition) is 4. The number of Topliss-reactive ketones (excluding diaryl/α,β-unsaturated/α-hetero) is 2. The van der Waals surface area contributed by atoms with Gasteiger partial charge >= 0.3 is 5.97 Å². The molecule has 0 spiro atoms. The Morgan fingerprint density at radius 2 is 1.81 bits per heavy atom. The molecular formula is C22H19BrO4. The Morgan fingerprint density at radius 1 is 1.15 bits per heavy atom. The van der Waals surface area contributed by atoms with Crippen LogP contribution in [0.15, 0.2) is 46.9 Å². The summed E-state index contributed by atoms with van der Waals surface area (Å²) in [6.07, 6.45) is 0.380. The lowest BCUT2D eigenvalue weighted by atomic mass is 9.81. The molecule has 0 aromatic heterocycles. The zero-order valence-electron chi connectivity index (χ0n) is 15.3. The average molecular weight is 427 g/mol. The molecule has 3 atom stereocenters. The van der Waals surface area contributed by atoms with Gasteiger partial charge in [-0.15, -0.1) is 0 Å². The molecule has 1 heterocycles. The Bertz CT molecular complexity index is 994. The number of carbonyl (C=O) groups excluding carboxylic acids is 3. The molecule has 1 aliphatic carbocycles. The van der Waals surface area contributed by atoms with E-state index in [1.807, 2.05) is 32.0 Å². The topological polar surface area (TPSA) is 60.4 Å². The Balaban J connectivity index is 1.95. The third-order valence-corrected chi connectivity index (χ3v) is 6.68. The summed E-state index contributed by atoms with van der Waals surface area (Å²) in [7, 11) is 0. The second kappa shape index (κ2) is 5.86. The van der Waals surface area contributed by atoms with Crippen molar-refractivity contribution in [2.24, 2.45) is 10.8 Å². The van der Waals surface area contributed by atoms with Crippen LogP contribution in [-0.4, -0.2) is 17.5 Å². The molecule has 2 aliphatic rings. The first-order valence-electron chi connectivity index (χ1n) is 8.95. The zero-order chi connectivity index (χ0) is 19.6. The Kier molecular flexibility index (Phi) is 3.93. The molecule has 0 saturated heterocycles. The summed E-state index contributed by atoms with van der Waals surface area (Å²) >= 11 is 3.45. The van der Waals surface area contributed by atoms with Crippen LogP contribution in [0.1, 0.15) is 47.7 Å². The van der Waals surface area contributed by atoms with Gasteiger partial charge < -0.3 is 4.74 Å². The minimum absolute atomic E-state index is 0.171. The van der Waals surface area contributed by atoms with E-state index in [4.69, 9.17) is 4.74 Å². The zero-order valence-corrected chi connectivity index (χ0v) is 16.9. The van der Waals surface area contributed by atoms with Gasteiger partial charge in [0.2, 0.25) is 0 Å². The van der Waals surface area contributed by atoms with E-state index in [0.29, 0.717) is 17.7 Å². The van der Waals surface area contributed by atoms with E-state index in [1.165, 1.54) is 6.92 Å². The van der Waals surface area contributed by atoms with Gasteiger partial charge in [0.05, 0.1) is 5.41 Å². The van der Waals surface area contributed by atoms with Crippen molar-refractivity contribution in [2.45, 2.75) is 33.1 Å². The van der Waals surface area contributed by atoms with E-state index in [-0.39, 0.29) is 11.6 Å². The van der Waals surface area contributed by atoms with Crippen molar-refractivity contribution in [2.75, 3.05) is 0 Å². The van der Waals surface area contributed by atoms with Crippen LogP contribution in [0.2, 0.25) is 0 Å². The first-order valence-corrected chi connectivity index (χ1v) is 9.74. The van der Waals surface area contributed by atoms with Crippen LogP contribution in [0.5, 0.6) is 5.75 Å². The number of fused-ring (bicyclic) bond motifs is 3. The maximum atomic E-state index is 13.6. The molecule has 0 bridgehead atoms. The standard InChI is InChI=1S/C22H19BrO4/c1-4-21(19(25)14-7-5-12(2)6-8-14)18-16-11-15(23)9-10-17(16)27-20(26)22(18,21)13(3)24/h5-11,18H,4H2,1-3H3/t18-,21+,22+/m0/s1. The predicted octanol–water partition coefficient (Wildman–Crippen LogP) is 4.63. The lowest BCUT2D eigenvalue weighted by Crippen LogP contribution is -2.38. The molecule has 1 saturated carbocycles. The van der Waals surface area contributed by atoms with Crippen LogP contribution in [0.3, 0.4) is 0 Å². The van der Waals surface area contributed by atoms with Gasteiger partial charge in [0.25, 0.3) is 0 Å². The number of ketones is 2. The van der Waals surface area contributed by atoms with Crippen LogP contribution in [0.4, 0.5) is 0 Å². The van der Waals surface area contributed by atoms with E-state index in [0.717, 1.165) is 15.6 Å². The molecule has 0 N–H and O–H groups in total. The van der Waals surface area contributed by atoms with Crippen molar-refractivity contribution in [3.63, 3.8) is 0 Å². The highest BCUT2D eigenvalue weighted by Gasteiger charge is 2.87. The lowest BCUT2D eigenvalue weighted by molar-refractivity contribution is -0.148. The van der Waals surface area contributed by atoms with Crippen molar-refractivity contribution in [1.29, 1.82) is 0 Å². The minimum atomic E-state index is -1.45. The normalized spacial score (nSPS) is 28.0. The average Bonchev–Trinajstić information content (AvgIpc) is 3.29. The first-order chi connectivity index (χ1) is 12.8. The molecule has 0 unspecified atom stereocenters. The minimum Gasteiger partial charge on any atom is -0.425 e. The summed E-state index contributed by atoms with van der Waals surface area (Å²) in [5.41, 5.74) is -0.266. The van der Waals surface area contributed by atoms with Crippen LogP contribution < -0.4 is 4.74 Å². The first kappa shape index (κ1) is 18.1. The van der Waals surface area contributed by atoms with Gasteiger partial charge in [-0.25, -0.2) is 0 Å². The highest BCUT2D eigenvalue weighted by atomic mass is 79.9. The number of esters is 1. The fourth-order valence-electron chi connectivity index (χ4n) is 4.93.